The number of halogens is 3. The first kappa shape index (κ1) is 16.4. The Kier molecular flexibility index (Phi) is 5.93. The van der Waals surface area contributed by atoms with Crippen LogP contribution < -0.4 is 0 Å². The summed E-state index contributed by atoms with van der Waals surface area (Å²) in [6.45, 7) is 0.236. The molecular formula is C11H15F3N2O4. The van der Waals surface area contributed by atoms with Crippen molar-refractivity contribution in [1.82, 2.24) is 10.2 Å². The highest BCUT2D eigenvalue weighted by Crippen LogP contribution is 2.15. The third-order valence-corrected chi connectivity index (χ3v) is 2.28. The number of nitrogens with zero attached hydrogens (tertiary/aromatic N) is 2. The molecule has 0 aliphatic carbocycles. The predicted octanol–water partition coefficient (Wildman–Crippen LogP) is 1.84. The molecule has 0 spiro atoms. The van der Waals surface area contributed by atoms with Gasteiger partial charge in [0.25, 0.3) is 0 Å². The zero-order valence-electron chi connectivity index (χ0n) is 10.8. The molecule has 114 valence electrons. The smallest absolute Gasteiger partial charge is 0.411 e. The second kappa shape index (κ2) is 7.22. The molecule has 1 atom stereocenters. The third-order valence-electron chi connectivity index (χ3n) is 2.28. The molecule has 0 saturated heterocycles. The number of carboxylic acids is 1. The van der Waals surface area contributed by atoms with Crippen LogP contribution in [0.4, 0.5) is 13.2 Å². The van der Waals surface area contributed by atoms with E-state index in [2.05, 4.69) is 14.9 Å². The molecule has 20 heavy (non-hydrogen) atoms. The molecule has 9 heteroatoms. The Morgan fingerprint density at radius 2 is 2.05 bits per heavy atom. The Labute approximate surface area is 112 Å². The summed E-state index contributed by atoms with van der Waals surface area (Å²) >= 11 is 0. The molecule has 1 rings (SSSR count). The number of rotatable bonds is 8. The van der Waals surface area contributed by atoms with Gasteiger partial charge in [0.2, 0.25) is 11.8 Å². The number of hydrogen-bond donors (Lipinski definition) is 1. The van der Waals surface area contributed by atoms with Gasteiger partial charge in [-0.25, -0.2) is 0 Å². The molecule has 1 aromatic rings. The second-order valence-electron chi connectivity index (χ2n) is 4.41. The van der Waals surface area contributed by atoms with Gasteiger partial charge in [-0.3, -0.25) is 4.79 Å². The highest BCUT2D eigenvalue weighted by molar-refractivity contribution is 5.66. The van der Waals surface area contributed by atoms with Crippen molar-refractivity contribution in [3.8, 4) is 0 Å². The molecule has 0 aliphatic heterocycles. The second-order valence-corrected chi connectivity index (χ2v) is 4.41. The first-order valence-electron chi connectivity index (χ1n) is 5.94. The lowest BCUT2D eigenvalue weighted by Crippen LogP contribution is -2.18. The Bertz CT molecular complexity index is 434. The van der Waals surface area contributed by atoms with Gasteiger partial charge < -0.3 is 14.3 Å². The van der Waals surface area contributed by atoms with Crippen LogP contribution in [0.15, 0.2) is 4.42 Å². The molecule has 0 radical (unpaired) electrons. The van der Waals surface area contributed by atoms with Crippen LogP contribution in [0, 0.1) is 5.92 Å². The van der Waals surface area contributed by atoms with Crippen LogP contribution in [-0.4, -0.2) is 40.7 Å². The SMILES string of the molecule is CC(CC(=O)O)Cc1nnc(CCOCC(F)(F)F)o1. The van der Waals surface area contributed by atoms with Crippen LogP contribution in [0.2, 0.25) is 0 Å². The summed E-state index contributed by atoms with van der Waals surface area (Å²) in [5.74, 6) is -0.644. The van der Waals surface area contributed by atoms with Gasteiger partial charge in [0.05, 0.1) is 6.61 Å². The van der Waals surface area contributed by atoms with Crippen LogP contribution in [0.1, 0.15) is 25.1 Å². The Morgan fingerprint density at radius 1 is 1.40 bits per heavy atom. The van der Waals surface area contributed by atoms with E-state index in [9.17, 15) is 18.0 Å². The summed E-state index contributed by atoms with van der Waals surface area (Å²) in [6, 6.07) is 0. The van der Waals surface area contributed by atoms with Crippen molar-refractivity contribution < 1.29 is 32.2 Å². The lowest BCUT2D eigenvalue weighted by Gasteiger charge is -2.05. The molecule has 0 saturated carbocycles. The molecule has 0 aliphatic rings. The lowest BCUT2D eigenvalue weighted by molar-refractivity contribution is -0.173. The van der Waals surface area contributed by atoms with E-state index >= 15 is 0 Å². The van der Waals surface area contributed by atoms with Crippen molar-refractivity contribution in [2.75, 3.05) is 13.2 Å². The van der Waals surface area contributed by atoms with Crippen molar-refractivity contribution in [1.29, 1.82) is 0 Å². The number of carboxylic acid groups (broad SMARTS) is 1. The number of aliphatic carboxylic acids is 1. The van der Waals surface area contributed by atoms with Crippen molar-refractivity contribution in [2.24, 2.45) is 5.92 Å². The number of ether oxygens (including phenoxy) is 1. The fraction of sp³-hybridized carbons (Fsp3) is 0.727. The Morgan fingerprint density at radius 3 is 2.65 bits per heavy atom. The van der Waals surface area contributed by atoms with Crippen molar-refractivity contribution in [3.63, 3.8) is 0 Å². The Balaban J connectivity index is 2.31. The fourth-order valence-corrected chi connectivity index (χ4v) is 1.49. The topological polar surface area (TPSA) is 85.5 Å². The summed E-state index contributed by atoms with van der Waals surface area (Å²) in [6.07, 6.45) is -3.99. The molecule has 0 amide bonds. The molecule has 0 fully saturated rings. The van der Waals surface area contributed by atoms with Crippen LogP contribution >= 0.6 is 0 Å². The minimum absolute atomic E-state index is 0.0214. The van der Waals surface area contributed by atoms with E-state index in [-0.39, 0.29) is 37.1 Å². The van der Waals surface area contributed by atoms with Crippen LogP contribution in [0.25, 0.3) is 0 Å². The van der Waals surface area contributed by atoms with E-state index in [0.717, 1.165) is 0 Å². The third kappa shape index (κ3) is 7.07. The van der Waals surface area contributed by atoms with Gasteiger partial charge in [-0.15, -0.1) is 10.2 Å². The molecule has 6 nitrogen and oxygen atoms in total. The van der Waals surface area contributed by atoms with Crippen LogP contribution in [0.3, 0.4) is 0 Å². The van der Waals surface area contributed by atoms with E-state index in [4.69, 9.17) is 9.52 Å². The molecule has 1 N–H and O–H groups in total. The van der Waals surface area contributed by atoms with E-state index in [1.165, 1.54) is 0 Å². The highest BCUT2D eigenvalue weighted by Gasteiger charge is 2.27. The first-order chi connectivity index (χ1) is 9.26. The maximum absolute atomic E-state index is 11.8. The number of aromatic nitrogens is 2. The number of hydrogen-bond acceptors (Lipinski definition) is 5. The monoisotopic (exact) mass is 296 g/mol. The van der Waals surface area contributed by atoms with Crippen molar-refractivity contribution in [3.05, 3.63) is 11.8 Å². The normalized spacial score (nSPS) is 13.4. The molecule has 1 aromatic heterocycles. The van der Waals surface area contributed by atoms with Gasteiger partial charge in [-0.1, -0.05) is 6.92 Å². The van der Waals surface area contributed by atoms with Gasteiger partial charge in [0, 0.05) is 19.3 Å². The maximum atomic E-state index is 11.8. The molecule has 0 aromatic carbocycles. The standard InChI is InChI=1S/C11H15F3N2O4/c1-7(5-10(17)18)4-9-16-15-8(20-9)2-3-19-6-11(12,13)14/h7H,2-6H2,1H3,(H,17,18). The predicted molar refractivity (Wildman–Crippen MR) is 60.0 cm³/mol. The average molecular weight is 296 g/mol. The first-order valence-corrected chi connectivity index (χ1v) is 5.94. The largest absolute Gasteiger partial charge is 0.481 e. The van der Waals surface area contributed by atoms with E-state index in [1.54, 1.807) is 6.92 Å². The summed E-state index contributed by atoms with van der Waals surface area (Å²) in [4.78, 5) is 10.5. The molecule has 1 heterocycles. The van der Waals surface area contributed by atoms with Crippen LogP contribution in [-0.2, 0) is 22.4 Å². The van der Waals surface area contributed by atoms with E-state index in [0.29, 0.717) is 6.42 Å². The summed E-state index contributed by atoms with van der Waals surface area (Å²) < 4.78 is 45.0. The lowest BCUT2D eigenvalue weighted by atomic mass is 10.0. The van der Waals surface area contributed by atoms with E-state index < -0.39 is 18.8 Å². The molecular weight excluding hydrogens is 281 g/mol. The summed E-state index contributed by atoms with van der Waals surface area (Å²) in [5, 5.41) is 16.0. The van der Waals surface area contributed by atoms with Gasteiger partial charge in [-0.05, 0) is 5.92 Å². The van der Waals surface area contributed by atoms with Gasteiger partial charge >= 0.3 is 12.1 Å². The number of alkyl halides is 3. The summed E-state index contributed by atoms with van der Waals surface area (Å²) in [5.41, 5.74) is 0. The van der Waals surface area contributed by atoms with Crippen LogP contribution in [0.5, 0.6) is 0 Å². The fourth-order valence-electron chi connectivity index (χ4n) is 1.49. The highest BCUT2D eigenvalue weighted by atomic mass is 19.4. The van der Waals surface area contributed by atoms with Crippen molar-refractivity contribution >= 4 is 5.97 Å². The van der Waals surface area contributed by atoms with E-state index in [1.807, 2.05) is 0 Å². The van der Waals surface area contributed by atoms with Gasteiger partial charge in [0.15, 0.2) is 0 Å². The zero-order valence-corrected chi connectivity index (χ0v) is 10.8. The quantitative estimate of drug-likeness (QED) is 0.737. The molecule has 1 unspecified atom stereocenters. The maximum Gasteiger partial charge on any atom is 0.411 e. The Hall–Kier alpha value is -1.64. The molecule has 0 bridgehead atoms. The van der Waals surface area contributed by atoms with Gasteiger partial charge in [0.1, 0.15) is 6.61 Å². The minimum Gasteiger partial charge on any atom is -0.481 e. The average Bonchev–Trinajstić information content (AvgIpc) is 2.69. The van der Waals surface area contributed by atoms with Gasteiger partial charge in [-0.2, -0.15) is 13.2 Å². The number of carbonyl (C=O) groups is 1. The zero-order chi connectivity index (χ0) is 15.2. The minimum atomic E-state index is -4.35. The van der Waals surface area contributed by atoms with Crippen molar-refractivity contribution in [2.45, 2.75) is 32.4 Å². The summed E-state index contributed by atoms with van der Waals surface area (Å²) in [7, 11) is 0.